The minimum absolute atomic E-state index is 0.775. The van der Waals surface area contributed by atoms with Crippen molar-refractivity contribution in [2.45, 2.75) is 40.0 Å². The van der Waals surface area contributed by atoms with E-state index in [1.165, 1.54) is 28.5 Å². The molecule has 0 bridgehead atoms. The second-order valence-electron chi connectivity index (χ2n) is 4.43. The molecule has 98 valence electrons. The van der Waals surface area contributed by atoms with Gasteiger partial charge in [0.2, 0.25) is 0 Å². The van der Waals surface area contributed by atoms with Gasteiger partial charge >= 0.3 is 0 Å². The SMILES string of the molecule is CCCOc1cc(C)c(CCCSC#N)c(C)c1. The third kappa shape index (κ3) is 4.62. The fraction of sp³-hybridized carbons (Fsp3) is 0.533. The topological polar surface area (TPSA) is 33.0 Å². The summed E-state index contributed by atoms with van der Waals surface area (Å²) in [6.07, 6.45) is 3.13. The van der Waals surface area contributed by atoms with Crippen LogP contribution in [0.25, 0.3) is 0 Å². The summed E-state index contributed by atoms with van der Waals surface area (Å²) in [6.45, 7) is 7.16. The first-order valence-corrected chi connectivity index (χ1v) is 7.41. The van der Waals surface area contributed by atoms with Crippen LogP contribution in [0.2, 0.25) is 0 Å². The van der Waals surface area contributed by atoms with Gasteiger partial charge < -0.3 is 4.74 Å². The van der Waals surface area contributed by atoms with Gasteiger partial charge in [0.1, 0.15) is 11.2 Å². The maximum absolute atomic E-state index is 8.49. The molecular weight excluding hydrogens is 242 g/mol. The minimum Gasteiger partial charge on any atom is -0.494 e. The molecule has 0 aliphatic rings. The van der Waals surface area contributed by atoms with Gasteiger partial charge in [-0.2, -0.15) is 5.26 Å². The molecule has 1 rings (SSSR count). The van der Waals surface area contributed by atoms with Crippen LogP contribution in [0, 0.1) is 24.5 Å². The van der Waals surface area contributed by atoms with Gasteiger partial charge in [-0.25, -0.2) is 0 Å². The lowest BCUT2D eigenvalue weighted by Gasteiger charge is -2.13. The van der Waals surface area contributed by atoms with Crippen LogP contribution in [0.3, 0.4) is 0 Å². The van der Waals surface area contributed by atoms with Crippen molar-refractivity contribution in [3.05, 3.63) is 28.8 Å². The first-order valence-electron chi connectivity index (χ1n) is 6.42. The molecule has 0 heterocycles. The minimum atomic E-state index is 0.775. The van der Waals surface area contributed by atoms with E-state index in [0.717, 1.165) is 37.4 Å². The number of ether oxygens (including phenoxy) is 1. The van der Waals surface area contributed by atoms with Gasteiger partial charge in [-0.3, -0.25) is 0 Å². The lowest BCUT2D eigenvalue weighted by atomic mass is 9.98. The fourth-order valence-electron chi connectivity index (χ4n) is 2.02. The van der Waals surface area contributed by atoms with Gasteiger partial charge in [-0.15, -0.1) is 0 Å². The molecule has 0 N–H and O–H groups in total. The van der Waals surface area contributed by atoms with Gasteiger partial charge in [0.25, 0.3) is 0 Å². The first-order chi connectivity index (χ1) is 8.69. The van der Waals surface area contributed by atoms with E-state index in [0.29, 0.717) is 0 Å². The molecule has 0 aliphatic carbocycles. The Morgan fingerprint density at radius 3 is 2.50 bits per heavy atom. The van der Waals surface area contributed by atoms with Gasteiger partial charge in [-0.1, -0.05) is 6.92 Å². The molecule has 3 heteroatoms. The zero-order valence-corrected chi connectivity index (χ0v) is 12.3. The van der Waals surface area contributed by atoms with Crippen molar-refractivity contribution in [2.24, 2.45) is 0 Å². The van der Waals surface area contributed by atoms with E-state index < -0.39 is 0 Å². The molecule has 1 aromatic carbocycles. The van der Waals surface area contributed by atoms with Crippen LogP contribution >= 0.6 is 11.8 Å². The highest BCUT2D eigenvalue weighted by Crippen LogP contribution is 2.23. The summed E-state index contributed by atoms with van der Waals surface area (Å²) in [4.78, 5) is 0. The van der Waals surface area contributed by atoms with Crippen LogP contribution < -0.4 is 4.74 Å². The summed E-state index contributed by atoms with van der Waals surface area (Å²) in [6, 6.07) is 4.24. The molecule has 0 radical (unpaired) electrons. The number of thioether (sulfide) groups is 1. The molecule has 0 unspecified atom stereocenters. The van der Waals surface area contributed by atoms with Crippen LogP contribution in [0.5, 0.6) is 5.75 Å². The Morgan fingerprint density at radius 1 is 1.28 bits per heavy atom. The monoisotopic (exact) mass is 263 g/mol. The number of thiocyanates is 1. The molecule has 18 heavy (non-hydrogen) atoms. The molecular formula is C15H21NOS. The second-order valence-corrected chi connectivity index (χ2v) is 5.31. The molecule has 0 atom stereocenters. The Morgan fingerprint density at radius 2 is 1.94 bits per heavy atom. The number of aryl methyl sites for hydroxylation is 2. The molecule has 0 amide bonds. The number of nitrogens with zero attached hydrogens (tertiary/aromatic N) is 1. The smallest absolute Gasteiger partial charge is 0.133 e. The zero-order valence-electron chi connectivity index (χ0n) is 11.5. The van der Waals surface area contributed by atoms with E-state index >= 15 is 0 Å². The molecule has 1 aromatic rings. The number of benzene rings is 1. The lowest BCUT2D eigenvalue weighted by molar-refractivity contribution is 0.317. The third-order valence-corrected chi connectivity index (χ3v) is 3.50. The van der Waals surface area contributed by atoms with Crippen LogP contribution in [-0.2, 0) is 6.42 Å². The van der Waals surface area contributed by atoms with E-state index in [9.17, 15) is 0 Å². The summed E-state index contributed by atoms with van der Waals surface area (Å²) in [5.41, 5.74) is 3.99. The van der Waals surface area contributed by atoms with Crippen molar-refractivity contribution in [3.63, 3.8) is 0 Å². The first kappa shape index (κ1) is 14.9. The fourth-order valence-corrected chi connectivity index (χ4v) is 2.40. The highest BCUT2D eigenvalue weighted by atomic mass is 32.2. The second kappa shape index (κ2) is 8.05. The number of hydrogen-bond acceptors (Lipinski definition) is 3. The van der Waals surface area contributed by atoms with E-state index in [2.05, 4.69) is 38.3 Å². The maximum Gasteiger partial charge on any atom is 0.133 e. The highest BCUT2D eigenvalue weighted by Gasteiger charge is 2.06. The third-order valence-electron chi connectivity index (χ3n) is 2.88. The van der Waals surface area contributed by atoms with Crippen molar-refractivity contribution in [1.29, 1.82) is 5.26 Å². The van der Waals surface area contributed by atoms with Gasteiger partial charge in [0.05, 0.1) is 6.61 Å². The molecule has 2 nitrogen and oxygen atoms in total. The predicted molar refractivity (Wildman–Crippen MR) is 78.1 cm³/mol. The van der Waals surface area contributed by atoms with Gasteiger partial charge in [-0.05, 0) is 73.7 Å². The predicted octanol–water partition coefficient (Wildman–Crippen LogP) is 4.24. The molecule has 0 aliphatic heterocycles. The highest BCUT2D eigenvalue weighted by molar-refractivity contribution is 8.03. The summed E-state index contributed by atoms with van der Waals surface area (Å²) in [5, 5.41) is 10.6. The molecule has 0 fully saturated rings. The van der Waals surface area contributed by atoms with Gasteiger partial charge in [0.15, 0.2) is 0 Å². The summed E-state index contributed by atoms with van der Waals surface area (Å²) < 4.78 is 5.67. The van der Waals surface area contributed by atoms with Crippen molar-refractivity contribution in [1.82, 2.24) is 0 Å². The Balaban J connectivity index is 2.66. The average Bonchev–Trinajstić information content (AvgIpc) is 2.34. The van der Waals surface area contributed by atoms with Crippen LogP contribution in [-0.4, -0.2) is 12.4 Å². The number of hydrogen-bond donors (Lipinski definition) is 0. The quantitative estimate of drug-likeness (QED) is 0.545. The van der Waals surface area contributed by atoms with E-state index in [4.69, 9.17) is 10.00 Å². The largest absolute Gasteiger partial charge is 0.494 e. The summed E-state index contributed by atoms with van der Waals surface area (Å²) >= 11 is 1.33. The Hall–Kier alpha value is -1.14. The molecule has 0 saturated heterocycles. The molecule has 0 spiro atoms. The molecule has 0 aromatic heterocycles. The standard InChI is InChI=1S/C15H21NOS/c1-4-7-17-14-9-12(2)15(13(3)10-14)6-5-8-18-11-16/h9-10H,4-8H2,1-3H3. The van der Waals surface area contributed by atoms with Crippen molar-refractivity contribution in [2.75, 3.05) is 12.4 Å². The Labute approximate surface area is 114 Å². The van der Waals surface area contributed by atoms with Crippen molar-refractivity contribution in [3.8, 4) is 11.2 Å². The van der Waals surface area contributed by atoms with Crippen LogP contribution in [0.1, 0.15) is 36.5 Å². The summed E-state index contributed by atoms with van der Waals surface area (Å²) in [7, 11) is 0. The van der Waals surface area contributed by atoms with Gasteiger partial charge in [0, 0.05) is 5.75 Å². The van der Waals surface area contributed by atoms with Crippen molar-refractivity contribution < 1.29 is 4.74 Å². The number of rotatable bonds is 7. The normalized spacial score (nSPS) is 10.1. The van der Waals surface area contributed by atoms with E-state index in [-0.39, 0.29) is 0 Å². The lowest BCUT2D eigenvalue weighted by Crippen LogP contribution is -2.00. The van der Waals surface area contributed by atoms with E-state index in [1.54, 1.807) is 0 Å². The Bertz CT molecular complexity index is 400. The maximum atomic E-state index is 8.49. The molecule has 0 saturated carbocycles. The Kier molecular flexibility index (Phi) is 6.67. The van der Waals surface area contributed by atoms with Crippen LogP contribution in [0.15, 0.2) is 12.1 Å². The zero-order chi connectivity index (χ0) is 13.4. The average molecular weight is 263 g/mol. The van der Waals surface area contributed by atoms with Crippen molar-refractivity contribution >= 4 is 11.8 Å². The number of nitriles is 1. The van der Waals surface area contributed by atoms with E-state index in [1.807, 2.05) is 0 Å². The summed E-state index contributed by atoms with van der Waals surface area (Å²) in [5.74, 6) is 1.88. The van der Waals surface area contributed by atoms with Crippen LogP contribution in [0.4, 0.5) is 0 Å².